The number of benzene rings is 1. The summed E-state index contributed by atoms with van der Waals surface area (Å²) in [6.07, 6.45) is 4.95. The zero-order chi connectivity index (χ0) is 17.3. The fourth-order valence-electron chi connectivity index (χ4n) is 4.09. The van der Waals surface area contributed by atoms with Crippen LogP contribution in [-0.2, 0) is 9.53 Å². The zero-order valence-corrected chi connectivity index (χ0v) is 15.0. The number of amides is 1. The van der Waals surface area contributed by atoms with Crippen molar-refractivity contribution in [2.24, 2.45) is 5.92 Å². The average Bonchev–Trinajstić information content (AvgIpc) is 3.46. The fourth-order valence-corrected chi connectivity index (χ4v) is 4.09. The van der Waals surface area contributed by atoms with Gasteiger partial charge in [-0.05, 0) is 31.7 Å². The van der Waals surface area contributed by atoms with Crippen molar-refractivity contribution in [1.82, 2.24) is 10.2 Å². The van der Waals surface area contributed by atoms with E-state index in [1.807, 2.05) is 18.2 Å². The Morgan fingerprint density at radius 3 is 2.80 bits per heavy atom. The summed E-state index contributed by atoms with van der Waals surface area (Å²) in [6, 6.07) is 8.26. The molecule has 4 rings (SSSR count). The lowest BCUT2D eigenvalue weighted by molar-refractivity contribution is -0.124. The number of nitrogens with zero attached hydrogens (tertiary/aromatic N) is 1. The Kier molecular flexibility index (Phi) is 4.69. The van der Waals surface area contributed by atoms with Crippen LogP contribution in [0.3, 0.4) is 0 Å². The van der Waals surface area contributed by atoms with Crippen molar-refractivity contribution in [3.63, 3.8) is 0 Å². The predicted octanol–water partition coefficient (Wildman–Crippen LogP) is 2.52. The molecule has 3 aliphatic rings. The summed E-state index contributed by atoms with van der Waals surface area (Å²) in [5.74, 6) is 1.40. The molecule has 2 aliphatic heterocycles. The van der Waals surface area contributed by atoms with Gasteiger partial charge < -0.3 is 19.7 Å². The van der Waals surface area contributed by atoms with E-state index in [9.17, 15) is 4.79 Å². The van der Waals surface area contributed by atoms with Gasteiger partial charge in [0.05, 0.1) is 12.6 Å². The molecule has 1 atom stereocenters. The highest BCUT2D eigenvalue weighted by Gasteiger charge is 2.44. The van der Waals surface area contributed by atoms with Crippen LogP contribution in [0.5, 0.6) is 5.75 Å². The number of hydrogen-bond donors (Lipinski definition) is 1. The Bertz CT molecular complexity index is 621. The molecule has 1 aromatic rings. The normalized spacial score (nSPS) is 25.2. The van der Waals surface area contributed by atoms with Gasteiger partial charge >= 0.3 is 0 Å². The molecule has 1 aromatic carbocycles. The molecule has 1 N–H and O–H groups in total. The van der Waals surface area contributed by atoms with Crippen LogP contribution in [0.4, 0.5) is 0 Å². The first-order chi connectivity index (χ1) is 12.2. The van der Waals surface area contributed by atoms with E-state index >= 15 is 0 Å². The van der Waals surface area contributed by atoms with Crippen molar-refractivity contribution in [1.29, 1.82) is 0 Å². The van der Waals surface area contributed by atoms with Crippen LogP contribution in [0.1, 0.15) is 43.7 Å². The molecule has 0 radical (unpaired) electrons. The molecule has 1 saturated carbocycles. The second-order valence-corrected chi connectivity index (χ2v) is 7.70. The minimum atomic E-state index is -0.153. The van der Waals surface area contributed by atoms with Gasteiger partial charge in [0.2, 0.25) is 5.91 Å². The number of fused-ring (bicyclic) bond motifs is 1. The minimum absolute atomic E-state index is 0.0728. The molecule has 2 heterocycles. The van der Waals surface area contributed by atoms with E-state index < -0.39 is 0 Å². The molecule has 1 spiro atoms. The Balaban J connectivity index is 1.48. The predicted molar refractivity (Wildman–Crippen MR) is 95.6 cm³/mol. The van der Waals surface area contributed by atoms with Crippen LogP contribution >= 0.6 is 0 Å². The molecule has 0 unspecified atom stereocenters. The molecule has 1 aliphatic carbocycles. The van der Waals surface area contributed by atoms with Crippen LogP contribution in [0, 0.1) is 5.92 Å². The summed E-state index contributed by atoms with van der Waals surface area (Å²) >= 11 is 0. The summed E-state index contributed by atoms with van der Waals surface area (Å²) in [6.45, 7) is 3.80. The highest BCUT2D eigenvalue weighted by atomic mass is 16.5. The van der Waals surface area contributed by atoms with Crippen molar-refractivity contribution < 1.29 is 14.3 Å². The number of likely N-dealkylation sites (tertiary alicyclic amines) is 1. The van der Waals surface area contributed by atoms with E-state index in [0.717, 1.165) is 69.7 Å². The van der Waals surface area contributed by atoms with Crippen molar-refractivity contribution in [3.05, 3.63) is 29.8 Å². The van der Waals surface area contributed by atoms with Crippen molar-refractivity contribution in [2.75, 3.05) is 33.4 Å². The van der Waals surface area contributed by atoms with Crippen LogP contribution in [0.15, 0.2) is 24.3 Å². The zero-order valence-electron chi connectivity index (χ0n) is 15.0. The van der Waals surface area contributed by atoms with Crippen LogP contribution in [0.25, 0.3) is 0 Å². The van der Waals surface area contributed by atoms with Gasteiger partial charge in [-0.15, -0.1) is 0 Å². The first-order valence-electron chi connectivity index (χ1n) is 9.49. The third-order valence-electron chi connectivity index (χ3n) is 5.84. The first-order valence-corrected chi connectivity index (χ1v) is 9.49. The number of carbonyl (C=O) groups is 1. The van der Waals surface area contributed by atoms with Gasteiger partial charge in [-0.3, -0.25) is 4.79 Å². The van der Waals surface area contributed by atoms with Crippen molar-refractivity contribution in [3.8, 4) is 5.75 Å². The van der Waals surface area contributed by atoms with E-state index in [1.165, 1.54) is 0 Å². The second-order valence-electron chi connectivity index (χ2n) is 7.70. The van der Waals surface area contributed by atoms with Gasteiger partial charge in [0.15, 0.2) is 0 Å². The van der Waals surface area contributed by atoms with Gasteiger partial charge in [-0.25, -0.2) is 0 Å². The van der Waals surface area contributed by atoms with Crippen LogP contribution in [0.2, 0.25) is 0 Å². The highest BCUT2D eigenvalue weighted by Crippen LogP contribution is 2.44. The fraction of sp³-hybridized carbons (Fsp3) is 0.650. The maximum atomic E-state index is 12.4. The number of nitrogens with one attached hydrogen (secondary N) is 1. The molecule has 5 heteroatoms. The smallest absolute Gasteiger partial charge is 0.223 e. The molecule has 0 aromatic heterocycles. The molecule has 5 nitrogen and oxygen atoms in total. The Morgan fingerprint density at radius 2 is 2.08 bits per heavy atom. The molecule has 136 valence electrons. The van der Waals surface area contributed by atoms with Gasteiger partial charge in [-0.2, -0.15) is 0 Å². The standard InChI is InChI=1S/C20H28N2O3/c1-24-13-12-22-10-8-20(9-11-22)14-17(21-19(23)15-6-7-15)16-4-2-3-5-18(16)25-20/h2-5,15,17H,6-14H2,1H3,(H,21,23)/t17-/m1/s1. The van der Waals surface area contributed by atoms with Gasteiger partial charge in [0, 0.05) is 44.6 Å². The third kappa shape index (κ3) is 3.67. The number of ether oxygens (including phenoxy) is 2. The molecule has 25 heavy (non-hydrogen) atoms. The maximum absolute atomic E-state index is 12.4. The lowest BCUT2D eigenvalue weighted by Crippen LogP contribution is -2.52. The summed E-state index contributed by atoms with van der Waals surface area (Å²) in [7, 11) is 1.75. The summed E-state index contributed by atoms with van der Waals surface area (Å²) < 4.78 is 11.7. The van der Waals surface area contributed by atoms with Crippen LogP contribution < -0.4 is 10.1 Å². The van der Waals surface area contributed by atoms with Crippen molar-refractivity contribution in [2.45, 2.75) is 43.7 Å². The third-order valence-corrected chi connectivity index (χ3v) is 5.84. The van der Waals surface area contributed by atoms with Crippen LogP contribution in [-0.4, -0.2) is 49.8 Å². The largest absolute Gasteiger partial charge is 0.487 e. The van der Waals surface area contributed by atoms with Gasteiger partial charge in [0.25, 0.3) is 0 Å². The van der Waals surface area contributed by atoms with E-state index in [0.29, 0.717) is 0 Å². The van der Waals surface area contributed by atoms with E-state index in [-0.39, 0.29) is 23.5 Å². The number of hydrogen-bond acceptors (Lipinski definition) is 4. The summed E-state index contributed by atoms with van der Waals surface area (Å²) in [5, 5.41) is 3.30. The van der Waals surface area contributed by atoms with Gasteiger partial charge in [-0.1, -0.05) is 18.2 Å². The van der Waals surface area contributed by atoms with E-state index in [2.05, 4.69) is 16.3 Å². The molecule has 2 fully saturated rings. The van der Waals surface area contributed by atoms with Gasteiger partial charge in [0.1, 0.15) is 11.4 Å². The summed E-state index contributed by atoms with van der Waals surface area (Å²) in [4.78, 5) is 14.8. The first kappa shape index (κ1) is 16.9. The lowest BCUT2D eigenvalue weighted by atomic mass is 9.80. The molecule has 0 bridgehead atoms. The number of methoxy groups -OCH3 is 1. The maximum Gasteiger partial charge on any atom is 0.223 e. The number of rotatable bonds is 5. The van der Waals surface area contributed by atoms with E-state index in [1.54, 1.807) is 7.11 Å². The monoisotopic (exact) mass is 344 g/mol. The Labute approximate surface area is 149 Å². The lowest BCUT2D eigenvalue weighted by Gasteiger charge is -2.47. The second kappa shape index (κ2) is 6.96. The average molecular weight is 344 g/mol. The molecule has 1 saturated heterocycles. The van der Waals surface area contributed by atoms with E-state index in [4.69, 9.17) is 9.47 Å². The topological polar surface area (TPSA) is 50.8 Å². The Morgan fingerprint density at radius 1 is 1.32 bits per heavy atom. The Hall–Kier alpha value is -1.59. The molecular formula is C20H28N2O3. The number of para-hydroxylation sites is 1. The summed E-state index contributed by atoms with van der Waals surface area (Å²) in [5.41, 5.74) is 0.975. The quantitative estimate of drug-likeness (QED) is 0.892. The molecule has 1 amide bonds. The number of piperidine rings is 1. The highest BCUT2D eigenvalue weighted by molar-refractivity contribution is 5.81. The number of carbonyl (C=O) groups excluding carboxylic acids is 1. The van der Waals surface area contributed by atoms with Crippen molar-refractivity contribution >= 4 is 5.91 Å². The minimum Gasteiger partial charge on any atom is -0.487 e. The SMILES string of the molecule is COCCN1CCC2(CC1)C[C@@H](NC(=O)C1CC1)c1ccccc1O2. The molecular weight excluding hydrogens is 316 g/mol.